The molecule has 0 saturated carbocycles. The molecule has 3 rings (SSSR count). The highest BCUT2D eigenvalue weighted by Gasteiger charge is 2.38. The van der Waals surface area contributed by atoms with Crippen molar-refractivity contribution in [3.05, 3.63) is 65.0 Å². The molecule has 1 amide bonds. The van der Waals surface area contributed by atoms with Crippen LogP contribution in [0.5, 0.6) is 0 Å². The van der Waals surface area contributed by atoms with Crippen LogP contribution in [0.3, 0.4) is 0 Å². The number of carbonyl (C=O) groups is 2. The standard InChI is InChI=1S/C20H20FNO4/c1-12-7-8-13(9-16(12)21)11-22-17-6-4-3-5-14(17)19(24)15(10-18(22)23)20(25)26-2/h3-9,15,19,24H,10-11H2,1-2H3. The second-order valence-corrected chi connectivity index (χ2v) is 6.40. The van der Waals surface area contributed by atoms with E-state index in [4.69, 9.17) is 4.74 Å². The smallest absolute Gasteiger partial charge is 0.312 e. The minimum atomic E-state index is -1.15. The highest BCUT2D eigenvalue weighted by Crippen LogP contribution is 2.38. The predicted molar refractivity (Wildman–Crippen MR) is 93.9 cm³/mol. The van der Waals surface area contributed by atoms with Gasteiger partial charge in [-0.25, -0.2) is 4.39 Å². The van der Waals surface area contributed by atoms with Gasteiger partial charge in [-0.05, 0) is 30.2 Å². The van der Waals surface area contributed by atoms with Gasteiger partial charge in [0.1, 0.15) is 5.82 Å². The van der Waals surface area contributed by atoms with Crippen LogP contribution >= 0.6 is 0 Å². The van der Waals surface area contributed by atoms with Crippen molar-refractivity contribution in [2.45, 2.75) is 26.0 Å². The zero-order chi connectivity index (χ0) is 18.8. The van der Waals surface area contributed by atoms with Gasteiger partial charge < -0.3 is 14.7 Å². The van der Waals surface area contributed by atoms with Gasteiger partial charge >= 0.3 is 5.97 Å². The number of rotatable bonds is 3. The van der Waals surface area contributed by atoms with Gasteiger partial charge in [-0.3, -0.25) is 9.59 Å². The number of fused-ring (bicyclic) bond motifs is 1. The number of carbonyl (C=O) groups excluding carboxylic acids is 2. The maximum atomic E-state index is 13.9. The topological polar surface area (TPSA) is 66.8 Å². The normalized spacial score (nSPS) is 19.7. The lowest BCUT2D eigenvalue weighted by molar-refractivity contribution is -0.151. The molecule has 1 aliphatic rings. The number of benzene rings is 2. The minimum Gasteiger partial charge on any atom is -0.469 e. The van der Waals surface area contributed by atoms with E-state index in [0.717, 1.165) is 0 Å². The molecule has 0 aliphatic carbocycles. The Labute approximate surface area is 151 Å². The lowest BCUT2D eigenvalue weighted by Crippen LogP contribution is -2.32. The van der Waals surface area contributed by atoms with E-state index in [1.54, 1.807) is 43.3 Å². The largest absolute Gasteiger partial charge is 0.469 e. The van der Waals surface area contributed by atoms with Gasteiger partial charge in [0.15, 0.2) is 0 Å². The molecule has 0 spiro atoms. The van der Waals surface area contributed by atoms with Gasteiger partial charge in [-0.2, -0.15) is 0 Å². The third-order valence-electron chi connectivity index (χ3n) is 4.70. The van der Waals surface area contributed by atoms with Crippen LogP contribution in [-0.2, 0) is 20.9 Å². The number of anilines is 1. The number of hydrogen-bond donors (Lipinski definition) is 1. The summed E-state index contributed by atoms with van der Waals surface area (Å²) in [6.07, 6.45) is -1.33. The number of aliphatic hydroxyl groups excluding tert-OH is 1. The van der Waals surface area contributed by atoms with E-state index in [0.29, 0.717) is 22.4 Å². The van der Waals surface area contributed by atoms with Gasteiger partial charge in [0, 0.05) is 17.7 Å². The molecule has 2 aromatic rings. The Morgan fingerprint density at radius 1 is 1.31 bits per heavy atom. The molecule has 0 saturated heterocycles. The summed E-state index contributed by atoms with van der Waals surface area (Å²) in [6, 6.07) is 11.7. The Morgan fingerprint density at radius 3 is 2.73 bits per heavy atom. The number of esters is 1. The van der Waals surface area contributed by atoms with Crippen LogP contribution in [0, 0.1) is 18.7 Å². The Morgan fingerprint density at radius 2 is 2.04 bits per heavy atom. The summed E-state index contributed by atoms with van der Waals surface area (Å²) in [5, 5.41) is 10.6. The lowest BCUT2D eigenvalue weighted by atomic mass is 9.93. The van der Waals surface area contributed by atoms with Crippen molar-refractivity contribution in [3.8, 4) is 0 Å². The summed E-state index contributed by atoms with van der Waals surface area (Å²) in [5.41, 5.74) is 2.14. The number of hydrogen-bond acceptors (Lipinski definition) is 4. The summed E-state index contributed by atoms with van der Waals surface area (Å²) in [6.45, 7) is 1.82. The number of aryl methyl sites for hydroxylation is 1. The number of amides is 1. The third kappa shape index (κ3) is 3.32. The fourth-order valence-corrected chi connectivity index (χ4v) is 3.20. The first-order chi connectivity index (χ1) is 12.4. The molecule has 2 unspecified atom stereocenters. The van der Waals surface area contributed by atoms with Crippen LogP contribution in [-0.4, -0.2) is 24.1 Å². The summed E-state index contributed by atoms with van der Waals surface area (Å²) in [4.78, 5) is 26.3. The number of halogens is 1. The SMILES string of the molecule is COC(=O)C1CC(=O)N(Cc2ccc(C)c(F)c2)c2ccccc2C1O. The molecule has 0 radical (unpaired) electrons. The van der Waals surface area contributed by atoms with Gasteiger partial charge in [-0.15, -0.1) is 0 Å². The van der Waals surface area contributed by atoms with E-state index in [-0.39, 0.29) is 24.7 Å². The van der Waals surface area contributed by atoms with Crippen LogP contribution in [0.4, 0.5) is 10.1 Å². The van der Waals surface area contributed by atoms with Gasteiger partial charge in [0.25, 0.3) is 0 Å². The maximum Gasteiger partial charge on any atom is 0.312 e. The molecule has 5 nitrogen and oxygen atoms in total. The Kier molecular flexibility index (Phi) is 5.04. The summed E-state index contributed by atoms with van der Waals surface area (Å²) >= 11 is 0. The molecule has 0 fully saturated rings. The number of para-hydroxylation sites is 1. The molecule has 6 heteroatoms. The van der Waals surface area contributed by atoms with Gasteiger partial charge in [0.2, 0.25) is 5.91 Å². The van der Waals surface area contributed by atoms with Crippen molar-refractivity contribution in [2.75, 3.05) is 12.0 Å². The fraction of sp³-hybridized carbons (Fsp3) is 0.300. The van der Waals surface area contributed by atoms with Gasteiger partial charge in [-0.1, -0.05) is 30.3 Å². The second kappa shape index (κ2) is 7.25. The molecule has 0 aromatic heterocycles. The Balaban J connectivity index is 2.02. The summed E-state index contributed by atoms with van der Waals surface area (Å²) < 4.78 is 18.6. The quantitative estimate of drug-likeness (QED) is 0.858. The van der Waals surface area contributed by atoms with E-state index in [1.807, 2.05) is 0 Å². The molecule has 0 bridgehead atoms. The molecule has 136 valence electrons. The molecular formula is C20H20FNO4. The zero-order valence-electron chi connectivity index (χ0n) is 14.6. The molecule has 1 heterocycles. The van der Waals surface area contributed by atoms with E-state index in [2.05, 4.69) is 0 Å². The lowest BCUT2D eigenvalue weighted by Gasteiger charge is -2.23. The Hall–Kier alpha value is -2.73. The monoisotopic (exact) mass is 357 g/mol. The summed E-state index contributed by atoms with van der Waals surface area (Å²) in [5.74, 6) is -2.28. The number of nitrogens with zero attached hydrogens (tertiary/aromatic N) is 1. The average Bonchev–Trinajstić information content (AvgIpc) is 2.74. The first kappa shape index (κ1) is 18.1. The summed E-state index contributed by atoms with van der Waals surface area (Å²) in [7, 11) is 1.23. The average molecular weight is 357 g/mol. The fourth-order valence-electron chi connectivity index (χ4n) is 3.20. The molecule has 26 heavy (non-hydrogen) atoms. The van der Waals surface area contributed by atoms with Crippen molar-refractivity contribution in [1.29, 1.82) is 0 Å². The van der Waals surface area contributed by atoms with Crippen molar-refractivity contribution < 1.29 is 23.8 Å². The van der Waals surface area contributed by atoms with E-state index in [9.17, 15) is 19.1 Å². The molecular weight excluding hydrogens is 337 g/mol. The van der Waals surface area contributed by atoms with Crippen molar-refractivity contribution >= 4 is 17.6 Å². The molecule has 1 N–H and O–H groups in total. The first-order valence-electron chi connectivity index (χ1n) is 8.32. The van der Waals surface area contributed by atoms with E-state index >= 15 is 0 Å². The highest BCUT2D eigenvalue weighted by molar-refractivity contribution is 5.97. The van der Waals surface area contributed by atoms with Crippen LogP contribution < -0.4 is 4.90 Å². The van der Waals surface area contributed by atoms with Crippen LogP contribution in [0.25, 0.3) is 0 Å². The maximum absolute atomic E-state index is 13.9. The third-order valence-corrected chi connectivity index (χ3v) is 4.70. The van der Waals surface area contributed by atoms with Gasteiger partial charge in [0.05, 0.1) is 25.7 Å². The zero-order valence-corrected chi connectivity index (χ0v) is 14.6. The Bertz CT molecular complexity index is 851. The first-order valence-corrected chi connectivity index (χ1v) is 8.32. The van der Waals surface area contributed by atoms with Crippen LogP contribution in [0.1, 0.15) is 29.2 Å². The number of aliphatic hydroxyl groups is 1. The molecule has 2 aromatic carbocycles. The molecule has 2 atom stereocenters. The predicted octanol–water partition coefficient (Wildman–Crippen LogP) is 2.89. The van der Waals surface area contributed by atoms with E-state index < -0.39 is 18.0 Å². The molecule has 1 aliphatic heterocycles. The number of ether oxygens (including phenoxy) is 1. The highest BCUT2D eigenvalue weighted by atomic mass is 19.1. The second-order valence-electron chi connectivity index (χ2n) is 6.40. The van der Waals surface area contributed by atoms with Crippen molar-refractivity contribution in [2.24, 2.45) is 5.92 Å². The number of methoxy groups -OCH3 is 1. The van der Waals surface area contributed by atoms with Crippen LogP contribution in [0.2, 0.25) is 0 Å². The van der Waals surface area contributed by atoms with Crippen molar-refractivity contribution in [3.63, 3.8) is 0 Å². The minimum absolute atomic E-state index is 0.146. The van der Waals surface area contributed by atoms with Crippen LogP contribution in [0.15, 0.2) is 42.5 Å². The van der Waals surface area contributed by atoms with Crippen molar-refractivity contribution in [1.82, 2.24) is 0 Å². The van der Waals surface area contributed by atoms with E-state index in [1.165, 1.54) is 18.1 Å².